The molecular weight excluding hydrogens is 404 g/mol. The molecule has 4 amide bonds. The fraction of sp³-hybridized carbons (Fsp3) is 0.500. The van der Waals surface area contributed by atoms with E-state index in [4.69, 9.17) is 16.1 Å². The number of anilines is 1. The molecule has 0 aromatic carbocycles. The number of carbonyl (C=O) groups is 3. The molecule has 13 nitrogen and oxygen atoms in total. The van der Waals surface area contributed by atoms with Crippen LogP contribution in [0.4, 0.5) is 9.93 Å². The fourth-order valence-corrected chi connectivity index (χ4v) is 4.51. The Labute approximate surface area is 157 Å². The zero-order chi connectivity index (χ0) is 20.0. The second kappa shape index (κ2) is 6.77. The Bertz CT molecular complexity index is 902. The van der Waals surface area contributed by atoms with Crippen LogP contribution in [0.3, 0.4) is 0 Å². The van der Waals surface area contributed by atoms with Crippen molar-refractivity contribution in [3.8, 4) is 0 Å². The number of hydrogen-bond donors (Lipinski definition) is 4. The first-order valence-electron chi connectivity index (χ1n) is 7.70. The predicted octanol–water partition coefficient (Wildman–Crippen LogP) is -1.70. The van der Waals surface area contributed by atoms with Crippen molar-refractivity contribution in [2.45, 2.75) is 31.3 Å². The number of quaternary nitrogens is 1. The number of hydrogen-bond acceptors (Lipinski definition) is 10. The van der Waals surface area contributed by atoms with Gasteiger partial charge in [-0.25, -0.2) is 20.4 Å². The van der Waals surface area contributed by atoms with Gasteiger partial charge in [0.25, 0.3) is 5.91 Å². The Morgan fingerprint density at radius 2 is 2.19 bits per heavy atom. The fourth-order valence-electron chi connectivity index (χ4n) is 3.56. The molecule has 3 heterocycles. The highest BCUT2D eigenvalue weighted by Crippen LogP contribution is 2.39. The average molecular weight is 421 g/mol. The monoisotopic (exact) mass is 421 g/mol. The third-order valence-corrected chi connectivity index (χ3v) is 5.70. The molecule has 3 rings (SSSR count). The van der Waals surface area contributed by atoms with E-state index in [0.29, 0.717) is 10.8 Å². The van der Waals surface area contributed by atoms with Crippen LogP contribution in [0.15, 0.2) is 5.38 Å². The van der Waals surface area contributed by atoms with Gasteiger partial charge in [0.2, 0.25) is 0 Å². The van der Waals surface area contributed by atoms with Gasteiger partial charge in [-0.3, -0.25) is 14.8 Å². The summed E-state index contributed by atoms with van der Waals surface area (Å²) in [6, 6.07) is -3.06. The molecule has 2 aliphatic rings. The largest absolute Gasteiger partial charge is 0.452 e. The van der Waals surface area contributed by atoms with Gasteiger partial charge in [0.05, 0.1) is 5.69 Å². The van der Waals surface area contributed by atoms with Crippen LogP contribution in [0.2, 0.25) is 0 Å². The second-order valence-electron chi connectivity index (χ2n) is 6.17. The third-order valence-electron chi connectivity index (χ3n) is 4.63. The molecule has 0 radical (unpaired) electrons. The van der Waals surface area contributed by atoms with Crippen LogP contribution in [-0.2, 0) is 30.7 Å². The number of thiazole rings is 1. The number of urea groups is 1. The molecule has 3 atom stereocenters. The molecule has 15 heteroatoms. The molecule has 148 valence electrons. The molecule has 0 spiro atoms. The zero-order valence-electron chi connectivity index (χ0n) is 13.8. The highest BCUT2D eigenvalue weighted by Gasteiger charge is 2.67. The van der Waals surface area contributed by atoms with E-state index in [0.717, 1.165) is 11.3 Å². The molecule has 1 aromatic heterocycles. The van der Waals surface area contributed by atoms with Gasteiger partial charge in [0, 0.05) is 11.8 Å². The van der Waals surface area contributed by atoms with E-state index in [1.54, 1.807) is 0 Å². The first-order chi connectivity index (χ1) is 12.6. The van der Waals surface area contributed by atoms with Crippen LogP contribution in [0.1, 0.15) is 18.5 Å². The first-order valence-corrected chi connectivity index (χ1v) is 9.95. The van der Waals surface area contributed by atoms with Crippen LogP contribution in [0.5, 0.6) is 0 Å². The van der Waals surface area contributed by atoms with Crippen LogP contribution in [0, 0.1) is 0 Å². The Hall–Kier alpha value is -2.17. The SMILES string of the molecule is NNC(=O)[C@@H]1CC[C@@H]2C[N+]1(C(=O)Cc1csc(N)n1)C(=O)N2OS(=O)(=O)O. The number of aromatic nitrogens is 1. The minimum atomic E-state index is -5.00. The number of fused-ring (bicyclic) bond motifs is 2. The summed E-state index contributed by atoms with van der Waals surface area (Å²) in [5.41, 5.74) is 7.78. The Kier molecular flexibility index (Phi) is 4.91. The number of piperidine rings is 1. The van der Waals surface area contributed by atoms with Gasteiger partial charge < -0.3 is 5.73 Å². The summed E-state index contributed by atoms with van der Waals surface area (Å²) < 4.78 is 34.5. The van der Waals surface area contributed by atoms with Crippen molar-refractivity contribution in [1.82, 2.24) is 15.5 Å². The second-order valence-corrected chi connectivity index (χ2v) is 8.06. The van der Waals surface area contributed by atoms with Crippen LogP contribution in [-0.4, -0.2) is 64.0 Å². The molecule has 6 N–H and O–H groups in total. The lowest BCUT2D eigenvalue weighted by Gasteiger charge is -2.36. The summed E-state index contributed by atoms with van der Waals surface area (Å²) in [6.45, 7) is -0.203. The maximum atomic E-state index is 13.1. The number of carbonyl (C=O) groups excluding carboxylic acids is 3. The number of amides is 4. The van der Waals surface area contributed by atoms with E-state index in [1.807, 2.05) is 5.43 Å². The molecule has 0 aliphatic carbocycles. The number of imide groups is 1. The minimum Gasteiger partial charge on any atom is -0.375 e. The van der Waals surface area contributed by atoms with Crippen molar-refractivity contribution in [2.75, 3.05) is 12.3 Å². The van der Waals surface area contributed by atoms with Crippen molar-refractivity contribution in [3.63, 3.8) is 0 Å². The van der Waals surface area contributed by atoms with E-state index < -0.39 is 44.8 Å². The highest BCUT2D eigenvalue weighted by atomic mass is 32.3. The van der Waals surface area contributed by atoms with Gasteiger partial charge in [-0.1, -0.05) is 0 Å². The molecular formula is C12H17N6O7S2+. The van der Waals surface area contributed by atoms with E-state index in [1.165, 1.54) is 5.38 Å². The third kappa shape index (κ3) is 3.40. The average Bonchev–Trinajstić information content (AvgIpc) is 3.09. The van der Waals surface area contributed by atoms with E-state index in [-0.39, 0.29) is 30.9 Å². The molecule has 27 heavy (non-hydrogen) atoms. The van der Waals surface area contributed by atoms with E-state index >= 15 is 0 Å². The van der Waals surface area contributed by atoms with Crippen molar-refractivity contribution < 1.29 is 36.1 Å². The number of rotatable bonds is 5. The summed E-state index contributed by atoms with van der Waals surface area (Å²) in [5, 5.41) is 2.21. The summed E-state index contributed by atoms with van der Waals surface area (Å²) >= 11 is 1.11. The quantitative estimate of drug-likeness (QED) is 0.140. The standard InChI is InChI=1S/C12H16N6O7S2/c13-11-15-6(5-26-11)3-9(19)18-4-7(1-2-8(18)10(20)16-14)17(12(18)21)25-27(22,23)24/h5,7-8H,1-4,14H2,(H3-,13,15,16,20,22,23,24)/p+1/t7-,8+,18?/m1/s1. The maximum Gasteiger partial charge on any atom is 0.452 e. The van der Waals surface area contributed by atoms with Crippen LogP contribution < -0.4 is 17.0 Å². The Morgan fingerprint density at radius 3 is 2.74 bits per heavy atom. The number of nitrogens with two attached hydrogens (primary N) is 2. The zero-order valence-corrected chi connectivity index (χ0v) is 15.4. The number of nitrogen functional groups attached to an aromatic ring is 1. The van der Waals surface area contributed by atoms with Crippen LogP contribution >= 0.6 is 11.3 Å². The van der Waals surface area contributed by atoms with Gasteiger partial charge in [0.15, 0.2) is 11.2 Å². The molecule has 2 saturated heterocycles. The summed E-state index contributed by atoms with van der Waals surface area (Å²) in [4.78, 5) is 42.2. The number of nitrogens with one attached hydrogen (secondary N) is 1. The van der Waals surface area contributed by atoms with Gasteiger partial charge in [-0.05, 0) is 6.42 Å². The molecule has 2 aliphatic heterocycles. The van der Waals surface area contributed by atoms with Crippen molar-refractivity contribution in [2.24, 2.45) is 5.84 Å². The summed E-state index contributed by atoms with van der Waals surface area (Å²) in [5.74, 6) is 3.75. The maximum absolute atomic E-state index is 13.1. The van der Waals surface area contributed by atoms with Gasteiger partial charge in [0.1, 0.15) is 19.0 Å². The smallest absolute Gasteiger partial charge is 0.375 e. The molecule has 2 fully saturated rings. The number of hydrazine groups is 1. The topological polar surface area (TPSA) is 195 Å². The normalized spacial score (nSPS) is 27.6. The van der Waals surface area contributed by atoms with Crippen LogP contribution in [0.25, 0.3) is 0 Å². The van der Waals surface area contributed by atoms with Gasteiger partial charge in [-0.15, -0.1) is 20.7 Å². The Balaban J connectivity index is 2.00. The summed E-state index contributed by atoms with van der Waals surface area (Å²) in [7, 11) is -5.00. The van der Waals surface area contributed by atoms with E-state index in [2.05, 4.69) is 9.27 Å². The lowest BCUT2D eigenvalue weighted by molar-refractivity contribution is -0.788. The number of hydroxylamine groups is 2. The van der Waals surface area contributed by atoms with Crippen molar-refractivity contribution in [1.29, 1.82) is 0 Å². The predicted molar refractivity (Wildman–Crippen MR) is 89.4 cm³/mol. The lowest BCUT2D eigenvalue weighted by atomic mass is 9.96. The molecule has 1 aromatic rings. The van der Waals surface area contributed by atoms with E-state index in [9.17, 15) is 22.8 Å². The minimum absolute atomic E-state index is 0.0791. The molecule has 0 saturated carbocycles. The lowest BCUT2D eigenvalue weighted by Crippen LogP contribution is -2.67. The van der Waals surface area contributed by atoms with Crippen molar-refractivity contribution >= 4 is 44.7 Å². The Morgan fingerprint density at radius 1 is 1.48 bits per heavy atom. The first kappa shape index (κ1) is 19.6. The van der Waals surface area contributed by atoms with Gasteiger partial charge >= 0.3 is 22.3 Å². The molecule has 1 unspecified atom stereocenters. The summed E-state index contributed by atoms with van der Waals surface area (Å²) in [6.07, 6.45) is -0.0494. The number of nitrogens with zero attached hydrogens (tertiary/aromatic N) is 3. The van der Waals surface area contributed by atoms with Gasteiger partial charge in [-0.2, -0.15) is 12.9 Å². The van der Waals surface area contributed by atoms with Crippen molar-refractivity contribution in [3.05, 3.63) is 11.1 Å². The highest BCUT2D eigenvalue weighted by molar-refractivity contribution is 7.80. The molecule has 2 bridgehead atoms.